The van der Waals surface area contributed by atoms with E-state index in [9.17, 15) is 5.11 Å². The van der Waals surface area contributed by atoms with Crippen molar-refractivity contribution in [2.24, 2.45) is 5.92 Å². The second-order valence-corrected chi connectivity index (χ2v) is 3.70. The molecule has 0 aromatic carbocycles. The first-order valence-corrected chi connectivity index (χ1v) is 5.64. The van der Waals surface area contributed by atoms with Gasteiger partial charge in [0.15, 0.2) is 0 Å². The molecule has 0 radical (unpaired) electrons. The highest BCUT2D eigenvalue weighted by molar-refractivity contribution is 4.74. The van der Waals surface area contributed by atoms with Crippen LogP contribution in [0.5, 0.6) is 0 Å². The van der Waals surface area contributed by atoms with Gasteiger partial charge < -0.3 is 10.4 Å². The molecule has 0 aromatic heterocycles. The summed E-state index contributed by atoms with van der Waals surface area (Å²) in [6, 6.07) is 0.514. The zero-order valence-corrected chi connectivity index (χ0v) is 9.34. The van der Waals surface area contributed by atoms with Crippen LogP contribution in [-0.4, -0.2) is 24.3 Å². The fourth-order valence-corrected chi connectivity index (χ4v) is 1.69. The highest BCUT2D eigenvalue weighted by atomic mass is 16.3. The fourth-order valence-electron chi connectivity index (χ4n) is 1.69. The Morgan fingerprint density at radius 3 is 2.23 bits per heavy atom. The molecule has 2 atom stereocenters. The second kappa shape index (κ2) is 8.52. The number of rotatable bonds is 8. The van der Waals surface area contributed by atoms with Crippen molar-refractivity contribution in [3.8, 4) is 0 Å². The predicted octanol–water partition coefficient (Wildman–Crippen LogP) is 2.17. The Hall–Kier alpha value is -0.0800. The molecule has 0 aliphatic rings. The molecule has 0 aromatic rings. The molecule has 0 amide bonds. The van der Waals surface area contributed by atoms with Crippen LogP contribution in [0.25, 0.3) is 0 Å². The third-order valence-corrected chi connectivity index (χ3v) is 2.58. The van der Waals surface area contributed by atoms with Gasteiger partial charge >= 0.3 is 0 Å². The molecule has 2 heteroatoms. The SMILES string of the molecule is CCCNC(CCC)C(CC)CO. The molecule has 0 rings (SSSR count). The van der Waals surface area contributed by atoms with E-state index in [-0.39, 0.29) is 0 Å². The summed E-state index contributed by atoms with van der Waals surface area (Å²) in [5.74, 6) is 0.437. The van der Waals surface area contributed by atoms with Crippen LogP contribution in [0.2, 0.25) is 0 Å². The largest absolute Gasteiger partial charge is 0.396 e. The van der Waals surface area contributed by atoms with E-state index >= 15 is 0 Å². The predicted molar refractivity (Wildman–Crippen MR) is 57.9 cm³/mol. The van der Waals surface area contributed by atoms with Crippen LogP contribution in [0.4, 0.5) is 0 Å². The third-order valence-electron chi connectivity index (χ3n) is 2.58. The zero-order chi connectivity index (χ0) is 10.1. The number of hydrogen-bond acceptors (Lipinski definition) is 2. The normalized spacial score (nSPS) is 15.7. The third kappa shape index (κ3) is 5.27. The minimum absolute atomic E-state index is 0.317. The van der Waals surface area contributed by atoms with E-state index in [1.54, 1.807) is 0 Å². The quantitative estimate of drug-likeness (QED) is 0.610. The van der Waals surface area contributed by atoms with E-state index in [2.05, 4.69) is 26.1 Å². The Kier molecular flexibility index (Phi) is 8.46. The maximum absolute atomic E-state index is 9.18. The summed E-state index contributed by atoms with van der Waals surface area (Å²) in [6.45, 7) is 7.91. The summed E-state index contributed by atoms with van der Waals surface area (Å²) >= 11 is 0. The smallest absolute Gasteiger partial charge is 0.0474 e. The van der Waals surface area contributed by atoms with E-state index in [0.717, 1.165) is 13.0 Å². The van der Waals surface area contributed by atoms with E-state index in [0.29, 0.717) is 18.6 Å². The Bertz CT molecular complexity index is 102. The summed E-state index contributed by atoms with van der Waals surface area (Å²) < 4.78 is 0. The van der Waals surface area contributed by atoms with Gasteiger partial charge in [0.2, 0.25) is 0 Å². The van der Waals surface area contributed by atoms with Crippen LogP contribution in [0.1, 0.15) is 46.5 Å². The summed E-state index contributed by atoms with van der Waals surface area (Å²) in [6.07, 6.45) is 4.61. The highest BCUT2D eigenvalue weighted by Gasteiger charge is 2.16. The fraction of sp³-hybridized carbons (Fsp3) is 1.00. The van der Waals surface area contributed by atoms with E-state index < -0.39 is 0 Å². The molecule has 0 fully saturated rings. The lowest BCUT2D eigenvalue weighted by Crippen LogP contribution is -2.38. The van der Waals surface area contributed by atoms with Crippen molar-refractivity contribution < 1.29 is 5.11 Å². The van der Waals surface area contributed by atoms with Crippen molar-refractivity contribution in [1.82, 2.24) is 5.32 Å². The van der Waals surface area contributed by atoms with Crippen LogP contribution in [0.15, 0.2) is 0 Å². The van der Waals surface area contributed by atoms with Crippen molar-refractivity contribution in [1.29, 1.82) is 0 Å². The molecule has 0 bridgehead atoms. The molecule has 0 heterocycles. The van der Waals surface area contributed by atoms with Crippen molar-refractivity contribution in [2.45, 2.75) is 52.5 Å². The monoisotopic (exact) mass is 187 g/mol. The van der Waals surface area contributed by atoms with Crippen LogP contribution in [0.3, 0.4) is 0 Å². The minimum atomic E-state index is 0.317. The summed E-state index contributed by atoms with van der Waals surface area (Å²) in [5, 5.41) is 12.7. The molecule has 80 valence electrons. The van der Waals surface area contributed by atoms with Gasteiger partial charge in [-0.3, -0.25) is 0 Å². The van der Waals surface area contributed by atoms with Gasteiger partial charge in [-0.25, -0.2) is 0 Å². The molecule has 0 aliphatic heterocycles. The number of aliphatic hydroxyl groups is 1. The Morgan fingerprint density at radius 2 is 1.85 bits per heavy atom. The average Bonchev–Trinajstić information content (AvgIpc) is 2.16. The Labute approximate surface area is 82.7 Å². The Balaban J connectivity index is 3.88. The standard InChI is InChI=1S/C11H25NO/c1-4-7-11(12-8-5-2)10(6-3)9-13/h10-13H,4-9H2,1-3H3. The average molecular weight is 187 g/mol. The van der Waals surface area contributed by atoms with Gasteiger partial charge in [-0.15, -0.1) is 0 Å². The first-order valence-electron chi connectivity index (χ1n) is 5.64. The summed E-state index contributed by atoms with van der Waals surface area (Å²) in [4.78, 5) is 0. The lowest BCUT2D eigenvalue weighted by Gasteiger charge is -2.25. The van der Waals surface area contributed by atoms with Gasteiger partial charge in [0.1, 0.15) is 0 Å². The summed E-state index contributed by atoms with van der Waals surface area (Å²) in [5.41, 5.74) is 0. The van der Waals surface area contributed by atoms with Gasteiger partial charge in [-0.1, -0.05) is 27.2 Å². The lowest BCUT2D eigenvalue weighted by atomic mass is 9.94. The molecule has 2 unspecified atom stereocenters. The first kappa shape index (κ1) is 12.9. The molecule has 0 saturated carbocycles. The van der Waals surface area contributed by atoms with E-state index in [1.807, 2.05) is 0 Å². The maximum Gasteiger partial charge on any atom is 0.0474 e. The van der Waals surface area contributed by atoms with Gasteiger partial charge in [0, 0.05) is 12.6 Å². The van der Waals surface area contributed by atoms with E-state index in [4.69, 9.17) is 0 Å². The molecular formula is C11H25NO. The second-order valence-electron chi connectivity index (χ2n) is 3.70. The molecule has 0 spiro atoms. The molecule has 2 nitrogen and oxygen atoms in total. The Morgan fingerprint density at radius 1 is 1.15 bits per heavy atom. The number of hydrogen-bond donors (Lipinski definition) is 2. The maximum atomic E-state index is 9.18. The van der Waals surface area contributed by atoms with Crippen LogP contribution >= 0.6 is 0 Å². The van der Waals surface area contributed by atoms with E-state index in [1.165, 1.54) is 19.3 Å². The number of aliphatic hydroxyl groups excluding tert-OH is 1. The van der Waals surface area contributed by atoms with Gasteiger partial charge in [-0.05, 0) is 31.7 Å². The van der Waals surface area contributed by atoms with Gasteiger partial charge in [-0.2, -0.15) is 0 Å². The first-order chi connectivity index (χ1) is 6.29. The molecular weight excluding hydrogens is 162 g/mol. The van der Waals surface area contributed by atoms with Crippen molar-refractivity contribution in [2.75, 3.05) is 13.2 Å². The van der Waals surface area contributed by atoms with Crippen molar-refractivity contribution >= 4 is 0 Å². The molecule has 0 saturated heterocycles. The minimum Gasteiger partial charge on any atom is -0.396 e. The topological polar surface area (TPSA) is 32.3 Å². The van der Waals surface area contributed by atoms with Gasteiger partial charge in [0.25, 0.3) is 0 Å². The lowest BCUT2D eigenvalue weighted by molar-refractivity contribution is 0.179. The van der Waals surface area contributed by atoms with Crippen LogP contribution < -0.4 is 5.32 Å². The highest BCUT2D eigenvalue weighted by Crippen LogP contribution is 2.12. The van der Waals surface area contributed by atoms with Crippen molar-refractivity contribution in [3.05, 3.63) is 0 Å². The number of nitrogens with one attached hydrogen (secondary N) is 1. The van der Waals surface area contributed by atoms with Crippen molar-refractivity contribution in [3.63, 3.8) is 0 Å². The van der Waals surface area contributed by atoms with Crippen LogP contribution in [-0.2, 0) is 0 Å². The molecule has 0 aliphatic carbocycles. The zero-order valence-electron chi connectivity index (χ0n) is 9.34. The molecule has 2 N–H and O–H groups in total. The van der Waals surface area contributed by atoms with Crippen LogP contribution in [0, 0.1) is 5.92 Å². The molecule has 13 heavy (non-hydrogen) atoms. The summed E-state index contributed by atoms with van der Waals surface area (Å²) in [7, 11) is 0. The van der Waals surface area contributed by atoms with Gasteiger partial charge in [0.05, 0.1) is 0 Å².